The molecule has 0 aliphatic rings. The summed E-state index contributed by atoms with van der Waals surface area (Å²) in [5.74, 6) is -0.874. The van der Waals surface area contributed by atoms with Crippen molar-refractivity contribution in [2.24, 2.45) is 5.73 Å². The molecule has 1 heterocycles. The largest absolute Gasteiger partial charge is 0.366 e. The van der Waals surface area contributed by atoms with E-state index in [1.54, 1.807) is 26.0 Å². The molecular formula is C13H12ClFN2O. The van der Waals surface area contributed by atoms with Crippen LogP contribution < -0.4 is 5.73 Å². The second-order valence-corrected chi connectivity index (χ2v) is 4.57. The van der Waals surface area contributed by atoms with Gasteiger partial charge in [0, 0.05) is 17.0 Å². The summed E-state index contributed by atoms with van der Waals surface area (Å²) >= 11 is 6.07. The fraction of sp³-hybridized carbons (Fsp3) is 0.154. The lowest BCUT2D eigenvalue weighted by Gasteiger charge is -2.04. The third kappa shape index (κ3) is 2.11. The van der Waals surface area contributed by atoms with Crippen molar-refractivity contribution in [1.29, 1.82) is 0 Å². The summed E-state index contributed by atoms with van der Waals surface area (Å²) in [7, 11) is 0. The van der Waals surface area contributed by atoms with E-state index in [4.69, 9.17) is 17.3 Å². The minimum atomic E-state index is -0.529. The highest BCUT2D eigenvalue weighted by Gasteiger charge is 2.14. The van der Waals surface area contributed by atoms with Gasteiger partial charge in [0.05, 0.1) is 10.6 Å². The molecule has 5 heteroatoms. The minimum Gasteiger partial charge on any atom is -0.366 e. The first kappa shape index (κ1) is 12.6. The molecule has 3 N–H and O–H groups in total. The number of amides is 1. The van der Waals surface area contributed by atoms with Gasteiger partial charge in [0.1, 0.15) is 5.82 Å². The summed E-state index contributed by atoms with van der Waals surface area (Å²) in [5.41, 5.74) is 7.80. The summed E-state index contributed by atoms with van der Waals surface area (Å²) in [5, 5.41) is 0.422. The maximum atomic E-state index is 13.5. The van der Waals surface area contributed by atoms with Crippen LogP contribution in [0.15, 0.2) is 18.2 Å². The second kappa shape index (κ2) is 4.46. The smallest absolute Gasteiger partial charge is 0.250 e. The van der Waals surface area contributed by atoms with Crippen LogP contribution in [0.1, 0.15) is 21.6 Å². The Morgan fingerprint density at radius 1 is 1.33 bits per heavy atom. The number of nitrogens with one attached hydrogen (secondary N) is 1. The Hall–Kier alpha value is -1.81. The van der Waals surface area contributed by atoms with E-state index >= 15 is 0 Å². The molecule has 2 rings (SSSR count). The lowest BCUT2D eigenvalue weighted by molar-refractivity contribution is 0.1000. The van der Waals surface area contributed by atoms with Crippen LogP contribution in [0.25, 0.3) is 11.3 Å². The van der Waals surface area contributed by atoms with Gasteiger partial charge in [-0.15, -0.1) is 0 Å². The van der Waals surface area contributed by atoms with Crippen LogP contribution in [0.4, 0.5) is 4.39 Å². The van der Waals surface area contributed by atoms with Gasteiger partial charge in [0.15, 0.2) is 0 Å². The van der Waals surface area contributed by atoms with Gasteiger partial charge in [-0.2, -0.15) is 0 Å². The van der Waals surface area contributed by atoms with Crippen LogP contribution in [-0.4, -0.2) is 10.9 Å². The molecule has 0 saturated heterocycles. The molecule has 0 aliphatic heterocycles. The zero-order chi connectivity index (χ0) is 13.4. The molecule has 1 aromatic heterocycles. The minimum absolute atomic E-state index is 0.345. The van der Waals surface area contributed by atoms with Crippen LogP contribution in [-0.2, 0) is 0 Å². The first-order valence-electron chi connectivity index (χ1n) is 5.35. The number of carbonyl (C=O) groups excluding carboxylic acids is 1. The van der Waals surface area contributed by atoms with E-state index in [1.807, 2.05) is 0 Å². The molecule has 0 bridgehead atoms. The Kier molecular flexibility index (Phi) is 3.13. The molecule has 3 nitrogen and oxygen atoms in total. The van der Waals surface area contributed by atoms with Crippen LogP contribution in [0.5, 0.6) is 0 Å². The zero-order valence-electron chi connectivity index (χ0n) is 9.97. The van der Waals surface area contributed by atoms with E-state index in [0.29, 0.717) is 33.1 Å². The Morgan fingerprint density at radius 3 is 2.56 bits per heavy atom. The number of aromatic nitrogens is 1. The third-order valence-electron chi connectivity index (χ3n) is 2.82. The number of hydrogen-bond acceptors (Lipinski definition) is 1. The predicted molar refractivity (Wildman–Crippen MR) is 69.2 cm³/mol. The number of aromatic amines is 1. The maximum Gasteiger partial charge on any atom is 0.250 e. The summed E-state index contributed by atoms with van der Waals surface area (Å²) in [6.07, 6.45) is 0. The van der Waals surface area contributed by atoms with Crippen LogP contribution in [0.2, 0.25) is 5.02 Å². The number of H-pyrrole nitrogens is 1. The number of primary amides is 1. The molecule has 0 atom stereocenters. The Bertz CT molecular complexity index is 634. The van der Waals surface area contributed by atoms with E-state index < -0.39 is 5.91 Å². The maximum absolute atomic E-state index is 13.5. The van der Waals surface area contributed by atoms with Crippen molar-refractivity contribution in [3.05, 3.63) is 45.9 Å². The topological polar surface area (TPSA) is 58.9 Å². The zero-order valence-corrected chi connectivity index (χ0v) is 10.7. The van der Waals surface area contributed by atoms with E-state index in [0.717, 1.165) is 0 Å². The molecule has 0 radical (unpaired) electrons. The van der Waals surface area contributed by atoms with Crippen molar-refractivity contribution in [2.45, 2.75) is 13.8 Å². The highest BCUT2D eigenvalue weighted by Crippen LogP contribution is 2.30. The van der Waals surface area contributed by atoms with Crippen molar-refractivity contribution in [3.63, 3.8) is 0 Å². The van der Waals surface area contributed by atoms with Crippen molar-refractivity contribution >= 4 is 17.5 Å². The predicted octanol–water partition coefficient (Wildman–Crippen LogP) is 3.19. The first-order valence-corrected chi connectivity index (χ1v) is 5.73. The monoisotopic (exact) mass is 266 g/mol. The van der Waals surface area contributed by atoms with Gasteiger partial charge in [0.25, 0.3) is 5.91 Å². The first-order chi connectivity index (χ1) is 8.40. The lowest BCUT2D eigenvalue weighted by Crippen LogP contribution is -2.10. The standard InChI is InChI=1S/C13H12ClFN2O/c1-6-3-10(14)9(4-11(6)15)12-5-8(13(16)18)7(2)17-12/h3-5,17H,1-2H3,(H2,16,18). The third-order valence-corrected chi connectivity index (χ3v) is 3.13. The summed E-state index contributed by atoms with van der Waals surface area (Å²) in [6, 6.07) is 4.47. The fourth-order valence-electron chi connectivity index (χ4n) is 1.81. The van der Waals surface area contributed by atoms with Gasteiger partial charge in [-0.05, 0) is 37.6 Å². The fourth-order valence-corrected chi connectivity index (χ4v) is 2.13. The van der Waals surface area contributed by atoms with E-state index in [-0.39, 0.29) is 5.82 Å². The molecule has 18 heavy (non-hydrogen) atoms. The normalized spacial score (nSPS) is 10.7. The molecule has 0 aliphatic carbocycles. The SMILES string of the molecule is Cc1cc(Cl)c(-c2cc(C(N)=O)c(C)[nH]2)cc1F. The van der Waals surface area contributed by atoms with Gasteiger partial charge in [0.2, 0.25) is 0 Å². The Labute approximate surface area is 109 Å². The van der Waals surface area contributed by atoms with Crippen molar-refractivity contribution < 1.29 is 9.18 Å². The van der Waals surface area contributed by atoms with Gasteiger partial charge in [-0.25, -0.2) is 4.39 Å². The molecule has 94 valence electrons. The number of aryl methyl sites for hydroxylation is 2. The van der Waals surface area contributed by atoms with Gasteiger partial charge in [-0.1, -0.05) is 11.6 Å². The van der Waals surface area contributed by atoms with Gasteiger partial charge >= 0.3 is 0 Å². The number of carbonyl (C=O) groups is 1. The quantitative estimate of drug-likeness (QED) is 0.862. The van der Waals surface area contributed by atoms with Crippen LogP contribution >= 0.6 is 11.6 Å². The summed E-state index contributed by atoms with van der Waals surface area (Å²) in [4.78, 5) is 14.1. The summed E-state index contributed by atoms with van der Waals surface area (Å²) in [6.45, 7) is 3.36. The van der Waals surface area contributed by atoms with E-state index in [1.165, 1.54) is 6.07 Å². The van der Waals surface area contributed by atoms with E-state index in [2.05, 4.69) is 4.98 Å². The van der Waals surface area contributed by atoms with E-state index in [9.17, 15) is 9.18 Å². The number of nitrogens with two attached hydrogens (primary N) is 1. The number of rotatable bonds is 2. The number of hydrogen-bond donors (Lipinski definition) is 2. The Morgan fingerprint density at radius 2 is 2.00 bits per heavy atom. The second-order valence-electron chi connectivity index (χ2n) is 4.17. The molecule has 0 unspecified atom stereocenters. The van der Waals surface area contributed by atoms with Gasteiger partial charge < -0.3 is 10.7 Å². The average molecular weight is 267 g/mol. The van der Waals surface area contributed by atoms with Crippen molar-refractivity contribution in [3.8, 4) is 11.3 Å². The summed E-state index contributed by atoms with van der Waals surface area (Å²) < 4.78 is 13.5. The molecule has 0 fully saturated rings. The molecule has 0 saturated carbocycles. The van der Waals surface area contributed by atoms with Crippen LogP contribution in [0, 0.1) is 19.7 Å². The molecular weight excluding hydrogens is 255 g/mol. The number of halogens is 2. The molecule has 0 spiro atoms. The number of benzene rings is 1. The molecule has 1 amide bonds. The Balaban J connectivity index is 2.59. The molecule has 1 aromatic carbocycles. The highest BCUT2D eigenvalue weighted by atomic mass is 35.5. The lowest BCUT2D eigenvalue weighted by atomic mass is 10.1. The average Bonchev–Trinajstić information content (AvgIpc) is 2.65. The van der Waals surface area contributed by atoms with Crippen molar-refractivity contribution in [2.75, 3.05) is 0 Å². The molecule has 2 aromatic rings. The highest BCUT2D eigenvalue weighted by molar-refractivity contribution is 6.33. The van der Waals surface area contributed by atoms with Crippen LogP contribution in [0.3, 0.4) is 0 Å². The van der Waals surface area contributed by atoms with Crippen molar-refractivity contribution in [1.82, 2.24) is 4.98 Å². The van der Waals surface area contributed by atoms with Gasteiger partial charge in [-0.3, -0.25) is 4.79 Å².